The Bertz CT molecular complexity index is 560. The molecular weight excluding hydrogens is 258 g/mol. The molecule has 21 heavy (non-hydrogen) atoms. The molecule has 1 heterocycles. The monoisotopic (exact) mass is 281 g/mol. The van der Waals surface area contributed by atoms with Gasteiger partial charge in [-0.2, -0.15) is 0 Å². The highest BCUT2D eigenvalue weighted by atomic mass is 15.3. The minimum absolute atomic E-state index is 0.857. The van der Waals surface area contributed by atoms with E-state index in [1.807, 2.05) is 12.1 Å². The third-order valence-electron chi connectivity index (χ3n) is 4.07. The van der Waals surface area contributed by atoms with E-state index in [1.54, 1.807) is 0 Å². The van der Waals surface area contributed by atoms with Crippen LogP contribution in [0.4, 0.5) is 5.69 Å². The molecule has 0 unspecified atom stereocenters. The van der Waals surface area contributed by atoms with Gasteiger partial charge in [-0.05, 0) is 23.3 Å². The van der Waals surface area contributed by atoms with Crippen molar-refractivity contribution in [2.45, 2.75) is 13.1 Å². The molecule has 3 rings (SSSR count). The van der Waals surface area contributed by atoms with Crippen molar-refractivity contribution in [2.24, 2.45) is 0 Å². The molecule has 0 aromatic heterocycles. The molecule has 3 heteroatoms. The van der Waals surface area contributed by atoms with Crippen molar-refractivity contribution >= 4 is 5.69 Å². The number of hydrogen-bond acceptors (Lipinski definition) is 3. The molecule has 0 radical (unpaired) electrons. The van der Waals surface area contributed by atoms with E-state index < -0.39 is 0 Å². The number of nitrogens with zero attached hydrogens (tertiary/aromatic N) is 2. The molecular formula is C18H23N3. The van der Waals surface area contributed by atoms with Gasteiger partial charge in [0, 0.05) is 45.0 Å². The third kappa shape index (κ3) is 4.06. The van der Waals surface area contributed by atoms with Gasteiger partial charge in [-0.25, -0.2) is 0 Å². The minimum atomic E-state index is 0.857. The van der Waals surface area contributed by atoms with Crippen LogP contribution in [0.1, 0.15) is 11.1 Å². The predicted molar refractivity (Wildman–Crippen MR) is 87.9 cm³/mol. The lowest BCUT2D eigenvalue weighted by atomic mass is 10.1. The number of benzene rings is 2. The molecule has 2 aromatic rings. The summed E-state index contributed by atoms with van der Waals surface area (Å²) in [5, 5.41) is 0. The molecule has 1 aliphatic heterocycles. The zero-order valence-electron chi connectivity index (χ0n) is 12.4. The zero-order chi connectivity index (χ0) is 14.5. The first-order chi connectivity index (χ1) is 10.3. The second kappa shape index (κ2) is 6.74. The van der Waals surface area contributed by atoms with Crippen LogP contribution >= 0.6 is 0 Å². The topological polar surface area (TPSA) is 32.5 Å². The van der Waals surface area contributed by atoms with E-state index in [0.29, 0.717) is 0 Å². The summed E-state index contributed by atoms with van der Waals surface area (Å²) in [5.41, 5.74) is 9.42. The normalized spacial score (nSPS) is 17.0. The summed E-state index contributed by atoms with van der Waals surface area (Å²) in [6, 6.07) is 18.9. The van der Waals surface area contributed by atoms with Gasteiger partial charge in [-0.3, -0.25) is 9.80 Å². The van der Waals surface area contributed by atoms with Gasteiger partial charge in [0.05, 0.1) is 0 Å². The Morgan fingerprint density at radius 1 is 0.714 bits per heavy atom. The number of anilines is 1. The van der Waals surface area contributed by atoms with Crippen LogP contribution in [-0.2, 0) is 13.1 Å². The highest BCUT2D eigenvalue weighted by molar-refractivity contribution is 5.40. The van der Waals surface area contributed by atoms with Crippen molar-refractivity contribution in [3.8, 4) is 0 Å². The van der Waals surface area contributed by atoms with Crippen LogP contribution in [0, 0.1) is 0 Å². The second-order valence-electron chi connectivity index (χ2n) is 5.78. The van der Waals surface area contributed by atoms with Gasteiger partial charge in [0.2, 0.25) is 0 Å². The van der Waals surface area contributed by atoms with Crippen LogP contribution in [0.5, 0.6) is 0 Å². The fraction of sp³-hybridized carbons (Fsp3) is 0.333. The van der Waals surface area contributed by atoms with E-state index in [0.717, 1.165) is 45.0 Å². The molecule has 0 saturated carbocycles. The van der Waals surface area contributed by atoms with Crippen LogP contribution in [0.2, 0.25) is 0 Å². The number of hydrogen-bond donors (Lipinski definition) is 1. The van der Waals surface area contributed by atoms with Gasteiger partial charge in [0.1, 0.15) is 0 Å². The van der Waals surface area contributed by atoms with E-state index in [-0.39, 0.29) is 0 Å². The number of rotatable bonds is 4. The molecule has 0 spiro atoms. The molecule has 110 valence electrons. The average Bonchev–Trinajstić information content (AvgIpc) is 2.50. The molecule has 2 N–H and O–H groups in total. The number of nitrogens with two attached hydrogens (primary N) is 1. The standard InChI is InChI=1S/C18H23N3/c19-18-8-4-7-17(13-18)15-21-11-9-20(10-12-21)14-16-5-2-1-3-6-16/h1-8,13H,9-12,14-15,19H2. The Labute approximate surface area is 127 Å². The smallest absolute Gasteiger partial charge is 0.0317 e. The molecule has 0 atom stereocenters. The maximum atomic E-state index is 5.84. The Balaban J connectivity index is 1.49. The van der Waals surface area contributed by atoms with Crippen LogP contribution < -0.4 is 5.73 Å². The molecule has 2 aromatic carbocycles. The zero-order valence-corrected chi connectivity index (χ0v) is 12.4. The average molecular weight is 281 g/mol. The Morgan fingerprint density at radius 2 is 1.29 bits per heavy atom. The Morgan fingerprint density at radius 3 is 1.90 bits per heavy atom. The van der Waals surface area contributed by atoms with Gasteiger partial charge in [0.15, 0.2) is 0 Å². The highest BCUT2D eigenvalue weighted by Crippen LogP contribution is 2.13. The van der Waals surface area contributed by atoms with Crippen molar-refractivity contribution in [2.75, 3.05) is 31.9 Å². The fourth-order valence-corrected chi connectivity index (χ4v) is 2.90. The van der Waals surface area contributed by atoms with E-state index in [2.05, 4.69) is 52.3 Å². The third-order valence-corrected chi connectivity index (χ3v) is 4.07. The summed E-state index contributed by atoms with van der Waals surface area (Å²) < 4.78 is 0. The molecule has 1 aliphatic rings. The fourth-order valence-electron chi connectivity index (χ4n) is 2.90. The van der Waals surface area contributed by atoms with E-state index >= 15 is 0 Å². The lowest BCUT2D eigenvalue weighted by molar-refractivity contribution is 0.122. The first-order valence-electron chi connectivity index (χ1n) is 7.63. The summed E-state index contributed by atoms with van der Waals surface area (Å²) in [4.78, 5) is 5.04. The maximum Gasteiger partial charge on any atom is 0.0317 e. The van der Waals surface area contributed by atoms with Crippen LogP contribution in [-0.4, -0.2) is 36.0 Å². The maximum absolute atomic E-state index is 5.84. The Hall–Kier alpha value is -1.84. The first-order valence-corrected chi connectivity index (χ1v) is 7.63. The van der Waals surface area contributed by atoms with Gasteiger partial charge in [0.25, 0.3) is 0 Å². The molecule has 3 nitrogen and oxygen atoms in total. The van der Waals surface area contributed by atoms with Crippen molar-refractivity contribution in [3.63, 3.8) is 0 Å². The van der Waals surface area contributed by atoms with Crippen molar-refractivity contribution in [3.05, 3.63) is 65.7 Å². The van der Waals surface area contributed by atoms with Gasteiger partial charge in [-0.1, -0.05) is 42.5 Å². The van der Waals surface area contributed by atoms with Gasteiger partial charge < -0.3 is 5.73 Å². The highest BCUT2D eigenvalue weighted by Gasteiger charge is 2.16. The van der Waals surface area contributed by atoms with Crippen molar-refractivity contribution < 1.29 is 0 Å². The summed E-state index contributed by atoms with van der Waals surface area (Å²) in [5.74, 6) is 0. The van der Waals surface area contributed by atoms with Crippen molar-refractivity contribution in [1.82, 2.24) is 9.80 Å². The summed E-state index contributed by atoms with van der Waals surface area (Å²) in [6.45, 7) is 6.59. The van der Waals surface area contributed by atoms with Gasteiger partial charge in [-0.15, -0.1) is 0 Å². The van der Waals surface area contributed by atoms with Crippen molar-refractivity contribution in [1.29, 1.82) is 0 Å². The van der Waals surface area contributed by atoms with E-state index in [4.69, 9.17) is 5.73 Å². The molecule has 0 amide bonds. The SMILES string of the molecule is Nc1cccc(CN2CCN(Cc3ccccc3)CC2)c1. The van der Waals surface area contributed by atoms with E-state index in [1.165, 1.54) is 11.1 Å². The Kier molecular flexibility index (Phi) is 4.53. The van der Waals surface area contributed by atoms with Crippen LogP contribution in [0.3, 0.4) is 0 Å². The first kappa shape index (κ1) is 14.1. The minimum Gasteiger partial charge on any atom is -0.399 e. The van der Waals surface area contributed by atoms with Crippen LogP contribution in [0.25, 0.3) is 0 Å². The largest absolute Gasteiger partial charge is 0.399 e. The predicted octanol–water partition coefficient (Wildman–Crippen LogP) is 2.59. The lowest BCUT2D eigenvalue weighted by Gasteiger charge is -2.34. The summed E-state index contributed by atoms with van der Waals surface area (Å²) in [7, 11) is 0. The van der Waals surface area contributed by atoms with Crippen LogP contribution in [0.15, 0.2) is 54.6 Å². The molecule has 0 aliphatic carbocycles. The lowest BCUT2D eigenvalue weighted by Crippen LogP contribution is -2.45. The van der Waals surface area contributed by atoms with Gasteiger partial charge >= 0.3 is 0 Å². The molecule has 1 saturated heterocycles. The summed E-state index contributed by atoms with van der Waals surface area (Å²) in [6.07, 6.45) is 0. The van der Waals surface area contributed by atoms with E-state index in [9.17, 15) is 0 Å². The molecule has 0 bridgehead atoms. The number of piperazine rings is 1. The second-order valence-corrected chi connectivity index (χ2v) is 5.78. The summed E-state index contributed by atoms with van der Waals surface area (Å²) >= 11 is 0. The molecule has 1 fully saturated rings. The quantitative estimate of drug-likeness (QED) is 0.874. The number of nitrogen functional groups attached to an aromatic ring is 1.